The number of hydrogen-bond donors (Lipinski definition) is 1. The van der Waals surface area contributed by atoms with Crippen LogP contribution >= 0.6 is 11.3 Å². The van der Waals surface area contributed by atoms with E-state index in [1.54, 1.807) is 7.11 Å². The number of carbonyl (C=O) groups is 1. The molecule has 1 amide bonds. The lowest BCUT2D eigenvalue weighted by Crippen LogP contribution is -2.13. The molecule has 0 spiro atoms. The zero-order valence-corrected chi connectivity index (χ0v) is 18.8. The van der Waals surface area contributed by atoms with Gasteiger partial charge in [-0.1, -0.05) is 50.3 Å². The van der Waals surface area contributed by atoms with Gasteiger partial charge < -0.3 is 4.74 Å². The second kappa shape index (κ2) is 8.43. The average molecular weight is 433 g/mol. The zero-order valence-electron chi connectivity index (χ0n) is 18.0. The molecular weight excluding hydrogens is 408 g/mol. The van der Waals surface area contributed by atoms with Gasteiger partial charge in [0.15, 0.2) is 0 Å². The monoisotopic (exact) mass is 432 g/mol. The van der Waals surface area contributed by atoms with Crippen molar-refractivity contribution in [2.45, 2.75) is 27.2 Å². The van der Waals surface area contributed by atoms with Crippen LogP contribution < -0.4 is 10.1 Å². The van der Waals surface area contributed by atoms with Crippen LogP contribution in [0.2, 0.25) is 0 Å². The van der Waals surface area contributed by atoms with Crippen LogP contribution in [0.5, 0.6) is 5.75 Å². The molecule has 0 unspecified atom stereocenters. The molecule has 0 saturated heterocycles. The summed E-state index contributed by atoms with van der Waals surface area (Å²) in [5.74, 6) is 0.539. The van der Waals surface area contributed by atoms with Gasteiger partial charge in [-0.25, -0.2) is 4.98 Å². The molecular formula is C24H24N4O2S. The van der Waals surface area contributed by atoms with Gasteiger partial charge in [0.1, 0.15) is 10.8 Å². The standard InChI is InChI=1S/C24H24N4O2S/c1-24(2,3)14-21-27-28-23(31-21)26-22(29)18-13-20(15-9-11-16(30-4)12-10-15)25-19-8-6-5-7-17(18)19/h5-13H,14H2,1-4H3,(H,26,28,29). The van der Waals surface area contributed by atoms with Gasteiger partial charge in [0.2, 0.25) is 5.13 Å². The molecule has 1 N–H and O–H groups in total. The maximum Gasteiger partial charge on any atom is 0.258 e. The molecule has 0 radical (unpaired) electrons. The van der Waals surface area contributed by atoms with E-state index in [0.717, 1.165) is 39.3 Å². The van der Waals surface area contributed by atoms with E-state index < -0.39 is 0 Å². The van der Waals surface area contributed by atoms with E-state index in [0.29, 0.717) is 10.7 Å². The van der Waals surface area contributed by atoms with Gasteiger partial charge in [-0.3, -0.25) is 10.1 Å². The van der Waals surface area contributed by atoms with E-state index in [1.807, 2.05) is 54.6 Å². The average Bonchev–Trinajstić information content (AvgIpc) is 3.17. The number of nitrogens with zero attached hydrogens (tertiary/aromatic N) is 3. The van der Waals surface area contributed by atoms with Crippen molar-refractivity contribution in [2.75, 3.05) is 12.4 Å². The summed E-state index contributed by atoms with van der Waals surface area (Å²) in [5.41, 5.74) is 3.03. The molecule has 0 fully saturated rings. The van der Waals surface area contributed by atoms with E-state index in [1.165, 1.54) is 11.3 Å². The topological polar surface area (TPSA) is 77.0 Å². The van der Waals surface area contributed by atoms with Crippen molar-refractivity contribution in [1.29, 1.82) is 0 Å². The fourth-order valence-corrected chi connectivity index (χ4v) is 4.30. The van der Waals surface area contributed by atoms with Crippen molar-refractivity contribution in [3.63, 3.8) is 0 Å². The molecule has 158 valence electrons. The zero-order chi connectivity index (χ0) is 22.0. The highest BCUT2D eigenvalue weighted by molar-refractivity contribution is 7.15. The number of ether oxygens (including phenoxy) is 1. The molecule has 0 saturated carbocycles. The summed E-state index contributed by atoms with van der Waals surface area (Å²) in [6.45, 7) is 6.45. The highest BCUT2D eigenvalue weighted by Gasteiger charge is 2.18. The van der Waals surface area contributed by atoms with Crippen molar-refractivity contribution in [1.82, 2.24) is 15.2 Å². The van der Waals surface area contributed by atoms with Crippen LogP contribution in [0.1, 0.15) is 36.1 Å². The molecule has 2 aromatic carbocycles. The van der Waals surface area contributed by atoms with Gasteiger partial charge in [-0.15, -0.1) is 10.2 Å². The number of nitrogens with one attached hydrogen (secondary N) is 1. The summed E-state index contributed by atoms with van der Waals surface area (Å²) >= 11 is 1.41. The number of para-hydroxylation sites is 1. The van der Waals surface area contributed by atoms with Crippen LogP contribution in [0.25, 0.3) is 22.2 Å². The lowest BCUT2D eigenvalue weighted by molar-refractivity contribution is 0.102. The number of methoxy groups -OCH3 is 1. The third-order valence-corrected chi connectivity index (χ3v) is 5.55. The molecule has 0 atom stereocenters. The van der Waals surface area contributed by atoms with Crippen LogP contribution in [-0.2, 0) is 6.42 Å². The van der Waals surface area contributed by atoms with Crippen molar-refractivity contribution >= 4 is 33.3 Å². The SMILES string of the molecule is COc1ccc(-c2cc(C(=O)Nc3nnc(CC(C)(C)C)s3)c3ccccc3n2)cc1. The quantitative estimate of drug-likeness (QED) is 0.444. The number of anilines is 1. The van der Waals surface area contributed by atoms with Crippen LogP contribution in [0.4, 0.5) is 5.13 Å². The molecule has 7 heteroatoms. The Kier molecular flexibility index (Phi) is 5.69. The summed E-state index contributed by atoms with van der Waals surface area (Å²) in [5, 5.41) is 13.5. The first-order valence-corrected chi connectivity index (χ1v) is 10.8. The van der Waals surface area contributed by atoms with E-state index in [4.69, 9.17) is 9.72 Å². The van der Waals surface area contributed by atoms with Gasteiger partial charge in [-0.05, 0) is 41.8 Å². The van der Waals surface area contributed by atoms with Crippen molar-refractivity contribution in [2.24, 2.45) is 5.41 Å². The Balaban J connectivity index is 1.68. The van der Waals surface area contributed by atoms with E-state index in [9.17, 15) is 4.79 Å². The van der Waals surface area contributed by atoms with Crippen molar-refractivity contribution in [3.05, 3.63) is 65.2 Å². The maximum absolute atomic E-state index is 13.2. The number of amides is 1. The number of fused-ring (bicyclic) bond motifs is 1. The molecule has 0 aliphatic carbocycles. The van der Waals surface area contributed by atoms with Gasteiger partial charge in [0.05, 0.1) is 23.9 Å². The smallest absolute Gasteiger partial charge is 0.258 e. The number of rotatable bonds is 5. The Morgan fingerprint density at radius 1 is 1.06 bits per heavy atom. The number of carbonyl (C=O) groups excluding carboxylic acids is 1. The number of hydrogen-bond acceptors (Lipinski definition) is 6. The Bertz CT molecular complexity index is 1230. The molecule has 31 heavy (non-hydrogen) atoms. The first-order valence-electron chi connectivity index (χ1n) is 10.0. The minimum atomic E-state index is -0.230. The fraction of sp³-hybridized carbons (Fsp3) is 0.250. The highest BCUT2D eigenvalue weighted by atomic mass is 32.1. The van der Waals surface area contributed by atoms with Gasteiger partial charge in [0.25, 0.3) is 5.91 Å². The second-order valence-corrected chi connectivity index (χ2v) is 9.56. The minimum absolute atomic E-state index is 0.107. The molecule has 4 aromatic rings. The van der Waals surface area contributed by atoms with Gasteiger partial charge >= 0.3 is 0 Å². The lowest BCUT2D eigenvalue weighted by atomic mass is 9.93. The summed E-state index contributed by atoms with van der Waals surface area (Å²) in [6.07, 6.45) is 0.806. The molecule has 2 heterocycles. The molecule has 2 aromatic heterocycles. The first kappa shape index (κ1) is 20.9. The van der Waals surface area contributed by atoms with Gasteiger partial charge in [0, 0.05) is 17.4 Å². The van der Waals surface area contributed by atoms with Crippen molar-refractivity contribution in [3.8, 4) is 17.0 Å². The largest absolute Gasteiger partial charge is 0.497 e. The number of aromatic nitrogens is 3. The fourth-order valence-electron chi connectivity index (χ4n) is 3.27. The van der Waals surface area contributed by atoms with Crippen LogP contribution in [0.15, 0.2) is 54.6 Å². The predicted octanol–water partition coefficient (Wildman–Crippen LogP) is 5.60. The predicted molar refractivity (Wildman–Crippen MR) is 125 cm³/mol. The Labute approximate surface area is 185 Å². The number of benzene rings is 2. The van der Waals surface area contributed by atoms with E-state index in [-0.39, 0.29) is 11.3 Å². The summed E-state index contributed by atoms with van der Waals surface area (Å²) in [6, 6.07) is 17.1. The second-order valence-electron chi connectivity index (χ2n) is 8.49. The highest BCUT2D eigenvalue weighted by Crippen LogP contribution is 2.28. The van der Waals surface area contributed by atoms with Crippen molar-refractivity contribution < 1.29 is 9.53 Å². The summed E-state index contributed by atoms with van der Waals surface area (Å²) in [4.78, 5) is 17.9. The van der Waals surface area contributed by atoms with Crippen LogP contribution in [0.3, 0.4) is 0 Å². The Morgan fingerprint density at radius 2 is 1.81 bits per heavy atom. The normalized spacial score (nSPS) is 11.5. The van der Waals surface area contributed by atoms with E-state index >= 15 is 0 Å². The number of pyridine rings is 1. The molecule has 4 rings (SSSR count). The minimum Gasteiger partial charge on any atom is -0.497 e. The lowest BCUT2D eigenvalue weighted by Gasteiger charge is -2.14. The Hall–Kier alpha value is -3.32. The van der Waals surface area contributed by atoms with Crippen LogP contribution in [-0.4, -0.2) is 28.2 Å². The Morgan fingerprint density at radius 3 is 2.52 bits per heavy atom. The molecule has 0 bridgehead atoms. The molecule has 6 nitrogen and oxygen atoms in total. The van der Waals surface area contributed by atoms with Crippen LogP contribution in [0, 0.1) is 5.41 Å². The van der Waals surface area contributed by atoms with Gasteiger partial charge in [-0.2, -0.15) is 0 Å². The molecule has 0 aliphatic rings. The van der Waals surface area contributed by atoms with E-state index in [2.05, 4.69) is 36.3 Å². The molecule has 0 aliphatic heterocycles. The first-order chi connectivity index (χ1) is 14.8. The third-order valence-electron chi connectivity index (χ3n) is 4.72. The summed E-state index contributed by atoms with van der Waals surface area (Å²) in [7, 11) is 1.63. The maximum atomic E-state index is 13.2. The summed E-state index contributed by atoms with van der Waals surface area (Å²) < 4.78 is 5.24. The third kappa shape index (κ3) is 4.88.